The predicted molar refractivity (Wildman–Crippen MR) is 131 cm³/mol. The Bertz CT molecular complexity index is 892. The maximum Gasteiger partial charge on any atom is 0.222 e. The fourth-order valence-corrected chi connectivity index (χ4v) is 7.08. The van der Waals surface area contributed by atoms with Crippen LogP contribution in [0.2, 0.25) is 10.0 Å². The molecular weight excluding hydrogens is 457 g/mol. The predicted octanol–water partition coefficient (Wildman–Crippen LogP) is 3.92. The molecule has 2 aliphatic carbocycles. The van der Waals surface area contributed by atoms with E-state index in [0.717, 1.165) is 76.7 Å². The second-order valence-electron chi connectivity index (χ2n) is 11.1. The molecule has 0 bridgehead atoms. The van der Waals surface area contributed by atoms with Gasteiger partial charge in [-0.25, -0.2) is 0 Å². The lowest BCUT2D eigenvalue weighted by molar-refractivity contribution is -0.136. The van der Waals surface area contributed by atoms with E-state index in [4.69, 9.17) is 27.9 Å². The standard InChI is InChI=1S/C26H35Cl2N3O2/c27-22-4-3-19(13-23(22)28)26(6-5-24(32)31(17-26)14-18-1-2-18)7-8-29-15-20-21(16-29)25(20)30-9-11-33-12-10-30/h3-4,13,18,20-21,25H,1-2,5-12,14-17H2/t20-,21+,25?,26-/m1/s1. The number of hydrogen-bond acceptors (Lipinski definition) is 4. The zero-order chi connectivity index (χ0) is 22.6. The zero-order valence-corrected chi connectivity index (χ0v) is 20.9. The van der Waals surface area contributed by atoms with E-state index in [-0.39, 0.29) is 5.41 Å². The van der Waals surface area contributed by atoms with Crippen molar-refractivity contribution in [3.63, 3.8) is 0 Å². The van der Waals surface area contributed by atoms with E-state index >= 15 is 0 Å². The molecule has 5 nitrogen and oxygen atoms in total. The molecule has 0 radical (unpaired) electrons. The van der Waals surface area contributed by atoms with E-state index in [1.54, 1.807) is 0 Å². The monoisotopic (exact) mass is 491 g/mol. The molecule has 3 aliphatic heterocycles. The molecule has 1 unspecified atom stereocenters. The van der Waals surface area contributed by atoms with Gasteiger partial charge in [0, 0.05) is 57.1 Å². The van der Waals surface area contributed by atoms with Gasteiger partial charge in [-0.1, -0.05) is 29.3 Å². The molecule has 1 aromatic rings. The summed E-state index contributed by atoms with van der Waals surface area (Å²) in [7, 11) is 0. The number of piperidine rings is 2. The molecule has 3 heterocycles. The van der Waals surface area contributed by atoms with E-state index in [0.29, 0.717) is 28.3 Å². The van der Waals surface area contributed by atoms with Crippen molar-refractivity contribution in [3.05, 3.63) is 33.8 Å². The minimum Gasteiger partial charge on any atom is -0.379 e. The van der Waals surface area contributed by atoms with Gasteiger partial charge >= 0.3 is 0 Å². The molecule has 6 rings (SSSR count). The Balaban J connectivity index is 1.14. The number of amides is 1. The van der Waals surface area contributed by atoms with Crippen molar-refractivity contribution in [3.8, 4) is 0 Å². The summed E-state index contributed by atoms with van der Waals surface area (Å²) < 4.78 is 5.54. The molecule has 0 spiro atoms. The Kier molecular flexibility index (Phi) is 6.15. The molecule has 0 aromatic heterocycles. The molecule has 7 heteroatoms. The van der Waals surface area contributed by atoms with Crippen molar-refractivity contribution in [1.82, 2.24) is 14.7 Å². The average molecular weight is 492 g/mol. The molecular formula is C26H35Cl2N3O2. The normalized spacial score (nSPS) is 35.2. The van der Waals surface area contributed by atoms with Crippen molar-refractivity contribution < 1.29 is 9.53 Å². The highest BCUT2D eigenvalue weighted by Crippen LogP contribution is 2.50. The van der Waals surface area contributed by atoms with Gasteiger partial charge in [0.2, 0.25) is 5.91 Å². The highest BCUT2D eigenvalue weighted by Gasteiger charge is 2.58. The molecule has 33 heavy (non-hydrogen) atoms. The van der Waals surface area contributed by atoms with Gasteiger partial charge in [0.15, 0.2) is 0 Å². The summed E-state index contributed by atoms with van der Waals surface area (Å²) in [6.45, 7) is 9.25. The summed E-state index contributed by atoms with van der Waals surface area (Å²) in [5, 5.41) is 1.22. The third kappa shape index (κ3) is 4.56. The number of benzene rings is 1. The first-order valence-electron chi connectivity index (χ1n) is 12.8. The number of likely N-dealkylation sites (tertiary alicyclic amines) is 2. The minimum absolute atomic E-state index is 0.0343. The van der Waals surface area contributed by atoms with Gasteiger partial charge in [0.25, 0.3) is 0 Å². The van der Waals surface area contributed by atoms with Crippen LogP contribution in [0.1, 0.15) is 37.7 Å². The van der Waals surface area contributed by atoms with E-state index in [1.807, 2.05) is 6.07 Å². The molecule has 4 atom stereocenters. The number of nitrogens with zero attached hydrogens (tertiary/aromatic N) is 3. The summed E-state index contributed by atoms with van der Waals surface area (Å²) in [5.74, 6) is 2.71. The van der Waals surface area contributed by atoms with Gasteiger partial charge in [0.05, 0.1) is 23.3 Å². The third-order valence-electron chi connectivity index (χ3n) is 8.97. The number of halogens is 2. The number of carbonyl (C=O) groups excluding carboxylic acids is 1. The lowest BCUT2D eigenvalue weighted by atomic mass is 9.71. The molecule has 2 saturated carbocycles. The first-order valence-corrected chi connectivity index (χ1v) is 13.6. The number of carbonyl (C=O) groups is 1. The zero-order valence-electron chi connectivity index (χ0n) is 19.4. The van der Waals surface area contributed by atoms with Crippen LogP contribution in [0, 0.1) is 17.8 Å². The van der Waals surface area contributed by atoms with E-state index < -0.39 is 0 Å². The Hall–Kier alpha value is -0.850. The summed E-state index contributed by atoms with van der Waals surface area (Å²) >= 11 is 12.7. The Morgan fingerprint density at radius 1 is 1.06 bits per heavy atom. The van der Waals surface area contributed by atoms with Crippen LogP contribution in [-0.4, -0.2) is 85.7 Å². The van der Waals surface area contributed by atoms with Gasteiger partial charge in [0.1, 0.15) is 0 Å². The molecule has 5 fully saturated rings. The van der Waals surface area contributed by atoms with Crippen molar-refractivity contribution in [2.45, 2.75) is 43.6 Å². The number of morpholine rings is 1. The molecule has 1 aromatic carbocycles. The van der Waals surface area contributed by atoms with Crippen LogP contribution in [0.4, 0.5) is 0 Å². The molecule has 1 amide bonds. The summed E-state index contributed by atoms with van der Waals surface area (Å²) in [6, 6.07) is 6.93. The SMILES string of the molecule is O=C1CC[C@](CCN2C[C@@H]3C(N4CCOCC4)[C@@H]3C2)(c2ccc(Cl)c(Cl)c2)CN1CC1CC1. The van der Waals surface area contributed by atoms with Crippen molar-refractivity contribution >= 4 is 29.1 Å². The van der Waals surface area contributed by atoms with Gasteiger partial charge in [-0.2, -0.15) is 0 Å². The van der Waals surface area contributed by atoms with Crippen LogP contribution in [0.15, 0.2) is 18.2 Å². The molecule has 3 saturated heterocycles. The van der Waals surface area contributed by atoms with Gasteiger partial charge in [-0.15, -0.1) is 0 Å². The van der Waals surface area contributed by atoms with Crippen molar-refractivity contribution in [1.29, 1.82) is 0 Å². The van der Waals surface area contributed by atoms with Crippen LogP contribution in [0.5, 0.6) is 0 Å². The van der Waals surface area contributed by atoms with E-state index in [1.165, 1.54) is 31.5 Å². The minimum atomic E-state index is -0.0343. The second kappa shape index (κ2) is 8.98. The van der Waals surface area contributed by atoms with Crippen LogP contribution < -0.4 is 0 Å². The van der Waals surface area contributed by atoms with Crippen molar-refractivity contribution in [2.75, 3.05) is 59.0 Å². The van der Waals surface area contributed by atoms with Gasteiger partial charge < -0.3 is 14.5 Å². The summed E-state index contributed by atoms with van der Waals surface area (Å²) in [4.78, 5) is 20.2. The smallest absolute Gasteiger partial charge is 0.222 e. The topological polar surface area (TPSA) is 36.0 Å². The van der Waals surface area contributed by atoms with Gasteiger partial charge in [-0.3, -0.25) is 9.69 Å². The molecule has 180 valence electrons. The van der Waals surface area contributed by atoms with Crippen molar-refractivity contribution in [2.24, 2.45) is 17.8 Å². The lowest BCUT2D eigenvalue weighted by Gasteiger charge is -2.44. The van der Waals surface area contributed by atoms with Crippen LogP contribution >= 0.6 is 23.2 Å². The lowest BCUT2D eigenvalue weighted by Crippen LogP contribution is -2.51. The number of hydrogen-bond donors (Lipinski definition) is 0. The summed E-state index contributed by atoms with van der Waals surface area (Å²) in [5.41, 5.74) is 1.22. The Labute approximate surface area is 207 Å². The number of ether oxygens (including phenoxy) is 1. The quantitative estimate of drug-likeness (QED) is 0.579. The van der Waals surface area contributed by atoms with Crippen LogP contribution in [0.3, 0.4) is 0 Å². The highest BCUT2D eigenvalue weighted by atomic mass is 35.5. The maximum atomic E-state index is 12.7. The first kappa shape index (κ1) is 22.6. The second-order valence-corrected chi connectivity index (χ2v) is 11.9. The fraction of sp³-hybridized carbons (Fsp3) is 0.731. The number of rotatable bonds is 7. The number of fused-ring (bicyclic) bond motifs is 1. The molecule has 0 N–H and O–H groups in total. The fourth-order valence-electron chi connectivity index (χ4n) is 6.78. The van der Waals surface area contributed by atoms with E-state index in [2.05, 4.69) is 26.8 Å². The first-order chi connectivity index (χ1) is 16.0. The largest absolute Gasteiger partial charge is 0.379 e. The maximum absolute atomic E-state index is 12.7. The van der Waals surface area contributed by atoms with Gasteiger partial charge in [-0.05, 0) is 67.7 Å². The third-order valence-corrected chi connectivity index (χ3v) is 9.71. The Morgan fingerprint density at radius 3 is 2.52 bits per heavy atom. The highest BCUT2D eigenvalue weighted by molar-refractivity contribution is 6.42. The summed E-state index contributed by atoms with van der Waals surface area (Å²) in [6.07, 6.45) is 5.15. The van der Waals surface area contributed by atoms with E-state index in [9.17, 15) is 4.79 Å². The Morgan fingerprint density at radius 2 is 1.82 bits per heavy atom. The van der Waals surface area contributed by atoms with Crippen LogP contribution in [0.25, 0.3) is 0 Å². The average Bonchev–Trinajstić information content (AvgIpc) is 3.73. The molecule has 5 aliphatic rings. The van der Waals surface area contributed by atoms with Crippen LogP contribution in [-0.2, 0) is 14.9 Å².